The number of methoxy groups -OCH3 is 3. The molecule has 0 amide bonds. The zero-order valence-electron chi connectivity index (χ0n) is 17.5. The zero-order valence-corrected chi connectivity index (χ0v) is 19.8. The lowest BCUT2D eigenvalue weighted by Gasteiger charge is -2.16. The molecule has 1 aliphatic rings. The van der Waals surface area contributed by atoms with Crippen molar-refractivity contribution in [1.29, 1.82) is 0 Å². The predicted molar refractivity (Wildman–Crippen MR) is 125 cm³/mol. The van der Waals surface area contributed by atoms with Gasteiger partial charge in [0.2, 0.25) is 5.75 Å². The van der Waals surface area contributed by atoms with Crippen LogP contribution < -0.4 is 24.8 Å². The van der Waals surface area contributed by atoms with E-state index in [1.54, 1.807) is 26.9 Å². The van der Waals surface area contributed by atoms with Crippen molar-refractivity contribution >= 4 is 29.9 Å². The Morgan fingerprint density at radius 1 is 1.04 bits per heavy atom. The van der Waals surface area contributed by atoms with Crippen LogP contribution in [0.25, 0.3) is 0 Å². The number of halogens is 1. The molecule has 28 heavy (non-hydrogen) atoms. The van der Waals surface area contributed by atoms with Crippen LogP contribution >= 0.6 is 24.0 Å². The van der Waals surface area contributed by atoms with Crippen molar-refractivity contribution in [3.63, 3.8) is 0 Å². The molecule has 0 radical (unpaired) electrons. The van der Waals surface area contributed by atoms with Crippen LogP contribution in [-0.2, 0) is 6.54 Å². The molecule has 0 aromatic heterocycles. The third-order valence-electron chi connectivity index (χ3n) is 4.66. The van der Waals surface area contributed by atoms with Crippen molar-refractivity contribution in [2.75, 3.05) is 34.4 Å². The lowest BCUT2D eigenvalue weighted by molar-refractivity contribution is 0.322. The molecule has 7 heteroatoms. The summed E-state index contributed by atoms with van der Waals surface area (Å²) in [5, 5.41) is 6.73. The van der Waals surface area contributed by atoms with Crippen molar-refractivity contribution in [2.24, 2.45) is 4.99 Å². The molecule has 158 valence electrons. The van der Waals surface area contributed by atoms with Gasteiger partial charge in [-0.2, -0.15) is 0 Å². The summed E-state index contributed by atoms with van der Waals surface area (Å²) < 4.78 is 16.3. The van der Waals surface area contributed by atoms with Crippen molar-refractivity contribution in [3.05, 3.63) is 29.3 Å². The van der Waals surface area contributed by atoms with Gasteiger partial charge >= 0.3 is 0 Å². The standard InChI is InChI=1S/C21H33N3O3.HI/c1-5-22-21(23-14-13-16-9-7-6-8-10-16)24-15-17-11-12-18(25-2)20(27-4)19(17)26-3;/h9,11-12H,5-8,10,13-15H2,1-4H3,(H2,22,23,24);1H. The summed E-state index contributed by atoms with van der Waals surface area (Å²) in [7, 11) is 4.86. The summed E-state index contributed by atoms with van der Waals surface area (Å²) >= 11 is 0. The molecule has 0 atom stereocenters. The molecule has 0 fully saturated rings. The summed E-state index contributed by atoms with van der Waals surface area (Å²) in [5.74, 6) is 2.71. The van der Waals surface area contributed by atoms with E-state index in [1.807, 2.05) is 12.1 Å². The highest BCUT2D eigenvalue weighted by molar-refractivity contribution is 14.0. The Morgan fingerprint density at radius 2 is 1.82 bits per heavy atom. The summed E-state index contributed by atoms with van der Waals surface area (Å²) in [5.41, 5.74) is 2.51. The van der Waals surface area contributed by atoms with Crippen LogP contribution in [-0.4, -0.2) is 40.4 Å². The van der Waals surface area contributed by atoms with Gasteiger partial charge in [0, 0.05) is 18.7 Å². The normalized spacial score (nSPS) is 13.9. The molecule has 1 aromatic rings. The molecule has 2 N–H and O–H groups in total. The molecule has 0 aliphatic heterocycles. The molecule has 2 rings (SSSR count). The van der Waals surface area contributed by atoms with E-state index < -0.39 is 0 Å². The maximum atomic E-state index is 5.54. The van der Waals surface area contributed by atoms with E-state index in [9.17, 15) is 0 Å². The van der Waals surface area contributed by atoms with Gasteiger partial charge in [-0.25, -0.2) is 4.99 Å². The number of hydrogen-bond donors (Lipinski definition) is 2. The minimum atomic E-state index is 0. The number of benzene rings is 1. The molecule has 1 aromatic carbocycles. The van der Waals surface area contributed by atoms with Crippen molar-refractivity contribution in [2.45, 2.75) is 45.6 Å². The summed E-state index contributed by atoms with van der Waals surface area (Å²) in [6, 6.07) is 3.84. The second kappa shape index (κ2) is 13.5. The Bertz CT molecular complexity index is 663. The highest BCUT2D eigenvalue weighted by atomic mass is 127. The highest BCUT2D eigenvalue weighted by Gasteiger charge is 2.15. The molecule has 0 heterocycles. The van der Waals surface area contributed by atoms with Gasteiger partial charge < -0.3 is 24.8 Å². The van der Waals surface area contributed by atoms with Crippen molar-refractivity contribution in [1.82, 2.24) is 10.6 Å². The van der Waals surface area contributed by atoms with Crippen LogP contribution in [0.5, 0.6) is 17.2 Å². The fourth-order valence-corrected chi connectivity index (χ4v) is 3.27. The Balaban J connectivity index is 0.00000392. The molecule has 0 saturated heterocycles. The van der Waals surface area contributed by atoms with E-state index in [0.717, 1.165) is 31.0 Å². The number of hydrogen-bond acceptors (Lipinski definition) is 4. The van der Waals surface area contributed by atoms with Gasteiger partial charge in [-0.05, 0) is 51.2 Å². The minimum Gasteiger partial charge on any atom is -0.493 e. The number of ether oxygens (including phenoxy) is 3. The van der Waals surface area contributed by atoms with Gasteiger partial charge in [0.15, 0.2) is 17.5 Å². The highest BCUT2D eigenvalue weighted by Crippen LogP contribution is 2.39. The van der Waals surface area contributed by atoms with Crippen LogP contribution in [0.2, 0.25) is 0 Å². The number of rotatable bonds is 9. The summed E-state index contributed by atoms with van der Waals surface area (Å²) in [6.07, 6.45) is 8.57. The molecular weight excluding hydrogens is 469 g/mol. The second-order valence-corrected chi connectivity index (χ2v) is 6.47. The lowest BCUT2D eigenvalue weighted by Crippen LogP contribution is -2.37. The first-order chi connectivity index (χ1) is 13.2. The predicted octanol–water partition coefficient (Wildman–Crippen LogP) is 4.28. The maximum Gasteiger partial charge on any atom is 0.203 e. The van der Waals surface area contributed by atoms with Crippen LogP contribution in [0.3, 0.4) is 0 Å². The summed E-state index contributed by atoms with van der Waals surface area (Å²) in [6.45, 7) is 4.26. The first-order valence-electron chi connectivity index (χ1n) is 9.71. The monoisotopic (exact) mass is 503 g/mol. The van der Waals surface area contributed by atoms with Gasteiger partial charge in [-0.3, -0.25) is 0 Å². The van der Waals surface area contributed by atoms with Crippen LogP contribution in [0.4, 0.5) is 0 Å². The van der Waals surface area contributed by atoms with Crippen LogP contribution in [0, 0.1) is 0 Å². The number of nitrogens with zero attached hydrogens (tertiary/aromatic N) is 1. The Kier molecular flexibility index (Phi) is 11.8. The SMILES string of the molecule is CCNC(=NCc1ccc(OC)c(OC)c1OC)NCCC1=CCCCC1.I. The Labute approximate surface area is 186 Å². The smallest absolute Gasteiger partial charge is 0.203 e. The van der Waals surface area contributed by atoms with Gasteiger partial charge in [-0.15, -0.1) is 24.0 Å². The van der Waals surface area contributed by atoms with E-state index in [0.29, 0.717) is 23.8 Å². The number of allylic oxidation sites excluding steroid dienone is 1. The van der Waals surface area contributed by atoms with E-state index >= 15 is 0 Å². The van der Waals surface area contributed by atoms with Crippen molar-refractivity contribution in [3.8, 4) is 17.2 Å². The molecule has 0 spiro atoms. The molecule has 1 aliphatic carbocycles. The zero-order chi connectivity index (χ0) is 19.5. The fraction of sp³-hybridized carbons (Fsp3) is 0.571. The topological polar surface area (TPSA) is 64.1 Å². The molecule has 0 saturated carbocycles. The van der Waals surface area contributed by atoms with E-state index in [-0.39, 0.29) is 24.0 Å². The molecular formula is C21H34IN3O3. The van der Waals surface area contributed by atoms with Crippen LogP contribution in [0.15, 0.2) is 28.8 Å². The molecule has 6 nitrogen and oxygen atoms in total. The largest absolute Gasteiger partial charge is 0.493 e. The third-order valence-corrected chi connectivity index (χ3v) is 4.66. The average Bonchev–Trinajstić information content (AvgIpc) is 2.71. The van der Waals surface area contributed by atoms with Gasteiger partial charge in [-0.1, -0.05) is 11.6 Å². The second-order valence-electron chi connectivity index (χ2n) is 6.47. The first kappa shape index (κ1) is 24.4. The fourth-order valence-electron chi connectivity index (χ4n) is 3.27. The lowest BCUT2D eigenvalue weighted by atomic mass is 9.97. The molecule has 0 unspecified atom stereocenters. The van der Waals surface area contributed by atoms with Gasteiger partial charge in [0.05, 0.1) is 27.9 Å². The number of guanidine groups is 1. The molecule has 0 bridgehead atoms. The van der Waals surface area contributed by atoms with E-state index in [2.05, 4.69) is 23.6 Å². The Hall–Kier alpha value is -1.64. The maximum absolute atomic E-state index is 5.54. The Morgan fingerprint density at radius 3 is 2.43 bits per heavy atom. The first-order valence-corrected chi connectivity index (χ1v) is 9.71. The average molecular weight is 503 g/mol. The van der Waals surface area contributed by atoms with Crippen molar-refractivity contribution < 1.29 is 14.2 Å². The quantitative estimate of drug-likeness (QED) is 0.228. The van der Waals surface area contributed by atoms with E-state index in [4.69, 9.17) is 19.2 Å². The van der Waals surface area contributed by atoms with E-state index in [1.165, 1.54) is 25.7 Å². The van der Waals surface area contributed by atoms with Gasteiger partial charge in [0.25, 0.3) is 0 Å². The third kappa shape index (κ3) is 7.07. The number of nitrogens with one attached hydrogen (secondary N) is 2. The summed E-state index contributed by atoms with van der Waals surface area (Å²) in [4.78, 5) is 4.70. The number of aliphatic imine (C=N–C) groups is 1. The minimum absolute atomic E-state index is 0. The van der Waals surface area contributed by atoms with Gasteiger partial charge in [0.1, 0.15) is 0 Å². The van der Waals surface area contributed by atoms with Crippen LogP contribution in [0.1, 0.15) is 44.6 Å².